The molecular weight excluding hydrogens is 486 g/mol. The second kappa shape index (κ2) is 10.0. The maximum atomic E-state index is 12.8. The molecule has 0 saturated heterocycles. The van der Waals surface area contributed by atoms with E-state index >= 15 is 0 Å². The van der Waals surface area contributed by atoms with Crippen molar-refractivity contribution in [3.8, 4) is 11.4 Å². The number of fused-ring (bicyclic) bond motifs is 2. The first-order valence-corrected chi connectivity index (χ1v) is 12.9. The number of nitrogens with one attached hydrogen (secondary N) is 1. The number of carbonyl (C=O) groups excluding carboxylic acids is 2. The summed E-state index contributed by atoms with van der Waals surface area (Å²) in [7, 11) is 2.98. The molecule has 11 heteroatoms. The molecule has 3 aromatic heterocycles. The van der Waals surface area contributed by atoms with Crippen LogP contribution in [0.4, 0.5) is 5.00 Å². The van der Waals surface area contributed by atoms with Gasteiger partial charge in [0.2, 0.25) is 5.91 Å². The maximum Gasteiger partial charge on any atom is 0.341 e. The van der Waals surface area contributed by atoms with Crippen molar-refractivity contribution >= 4 is 51.0 Å². The van der Waals surface area contributed by atoms with Gasteiger partial charge in [-0.25, -0.2) is 19.4 Å². The minimum Gasteiger partial charge on any atom is -0.497 e. The third-order valence-corrected chi connectivity index (χ3v) is 8.01. The molecule has 9 nitrogen and oxygen atoms in total. The van der Waals surface area contributed by atoms with Crippen molar-refractivity contribution in [1.82, 2.24) is 19.7 Å². The number of nitrogens with zero attached hydrogens (tertiary/aromatic N) is 4. The lowest BCUT2D eigenvalue weighted by molar-refractivity contribution is -0.113. The van der Waals surface area contributed by atoms with Gasteiger partial charge < -0.3 is 14.8 Å². The zero-order valence-corrected chi connectivity index (χ0v) is 20.9. The molecular formula is C24H23N5O4S2. The fraction of sp³-hybridized carbons (Fsp3) is 0.292. The standard InChI is InChI=1S/C24H23N5O4S2/c1-32-15-9-7-14(8-10-15)29-21-17(11-27-29)22(26-13-25-21)34-12-19(30)28-23-20(24(31)33-2)16-5-3-4-6-18(16)35-23/h7-11,13H,3-6,12H2,1-2H3,(H,28,30). The lowest BCUT2D eigenvalue weighted by atomic mass is 9.95. The van der Waals surface area contributed by atoms with E-state index in [9.17, 15) is 9.59 Å². The van der Waals surface area contributed by atoms with E-state index in [-0.39, 0.29) is 11.7 Å². The van der Waals surface area contributed by atoms with E-state index in [1.54, 1.807) is 18.0 Å². The molecule has 5 rings (SSSR count). The molecule has 0 atom stereocenters. The molecule has 3 heterocycles. The van der Waals surface area contributed by atoms with Crippen molar-refractivity contribution in [3.63, 3.8) is 0 Å². The molecule has 1 aliphatic rings. The summed E-state index contributed by atoms with van der Waals surface area (Å²) in [6, 6.07) is 7.50. The van der Waals surface area contributed by atoms with Gasteiger partial charge in [-0.3, -0.25) is 4.79 Å². The number of benzene rings is 1. The minimum absolute atomic E-state index is 0.128. The Balaban J connectivity index is 1.33. The van der Waals surface area contributed by atoms with Gasteiger partial charge in [0, 0.05) is 4.88 Å². The molecule has 0 radical (unpaired) electrons. The molecule has 35 heavy (non-hydrogen) atoms. The third kappa shape index (κ3) is 4.61. The van der Waals surface area contributed by atoms with Crippen LogP contribution in [0.25, 0.3) is 16.7 Å². The van der Waals surface area contributed by atoms with Gasteiger partial charge >= 0.3 is 5.97 Å². The number of hydrogen-bond donors (Lipinski definition) is 1. The number of methoxy groups -OCH3 is 2. The van der Waals surface area contributed by atoms with Gasteiger partial charge in [0.05, 0.1) is 42.8 Å². The lowest BCUT2D eigenvalue weighted by Crippen LogP contribution is -2.16. The monoisotopic (exact) mass is 509 g/mol. The Bertz CT molecular complexity index is 1400. The Kier molecular flexibility index (Phi) is 6.69. The highest BCUT2D eigenvalue weighted by Gasteiger charge is 2.27. The summed E-state index contributed by atoms with van der Waals surface area (Å²) in [5, 5.41) is 9.36. The van der Waals surface area contributed by atoms with Gasteiger partial charge in [0.25, 0.3) is 0 Å². The quantitative estimate of drug-likeness (QED) is 0.223. The number of amides is 1. The first kappa shape index (κ1) is 23.3. The molecule has 0 fully saturated rings. The number of esters is 1. The summed E-state index contributed by atoms with van der Waals surface area (Å²) >= 11 is 2.77. The third-order valence-electron chi connectivity index (χ3n) is 5.80. The van der Waals surface area contributed by atoms with Crippen LogP contribution < -0.4 is 10.1 Å². The van der Waals surface area contributed by atoms with Crippen molar-refractivity contribution in [3.05, 3.63) is 52.8 Å². The summed E-state index contributed by atoms with van der Waals surface area (Å²) in [6.45, 7) is 0. The Labute approximate surface area is 209 Å². The SMILES string of the molecule is COC(=O)c1c(NC(=O)CSc2ncnc3c2cnn3-c2ccc(OC)cc2)sc2c1CCCC2. The smallest absolute Gasteiger partial charge is 0.341 e. The minimum atomic E-state index is -0.407. The average molecular weight is 510 g/mol. The maximum absolute atomic E-state index is 12.8. The Morgan fingerprint density at radius 2 is 1.94 bits per heavy atom. The van der Waals surface area contributed by atoms with Crippen LogP contribution in [0.3, 0.4) is 0 Å². The van der Waals surface area contributed by atoms with Gasteiger partial charge in [-0.15, -0.1) is 11.3 Å². The summed E-state index contributed by atoms with van der Waals surface area (Å²) < 4.78 is 11.9. The molecule has 4 aromatic rings. The Morgan fingerprint density at radius 3 is 2.71 bits per heavy atom. The predicted molar refractivity (Wildman–Crippen MR) is 135 cm³/mol. The molecule has 1 amide bonds. The van der Waals surface area contributed by atoms with Crippen molar-refractivity contribution in [2.24, 2.45) is 0 Å². The van der Waals surface area contributed by atoms with Crippen LogP contribution in [0, 0.1) is 0 Å². The number of ether oxygens (including phenoxy) is 2. The Hall–Kier alpha value is -3.44. The van der Waals surface area contributed by atoms with E-state index in [4.69, 9.17) is 9.47 Å². The summed E-state index contributed by atoms with van der Waals surface area (Å²) in [5.74, 6) is 0.260. The first-order valence-electron chi connectivity index (χ1n) is 11.1. The largest absolute Gasteiger partial charge is 0.497 e. The number of thiophene rings is 1. The molecule has 0 spiro atoms. The number of anilines is 1. The number of rotatable bonds is 7. The van der Waals surface area contributed by atoms with Gasteiger partial charge in [-0.05, 0) is 55.5 Å². The van der Waals surface area contributed by atoms with Crippen LogP contribution in [-0.2, 0) is 22.4 Å². The van der Waals surface area contributed by atoms with Gasteiger partial charge in [-0.2, -0.15) is 5.10 Å². The van der Waals surface area contributed by atoms with E-state index in [1.807, 2.05) is 24.3 Å². The fourth-order valence-corrected chi connectivity index (χ4v) is 6.17. The fourth-order valence-electron chi connectivity index (χ4n) is 4.12. The van der Waals surface area contributed by atoms with Crippen LogP contribution in [0.2, 0.25) is 0 Å². The average Bonchev–Trinajstić information content (AvgIpc) is 3.48. The zero-order valence-electron chi connectivity index (χ0n) is 19.2. The van der Waals surface area contributed by atoms with Crippen LogP contribution in [-0.4, -0.2) is 51.6 Å². The van der Waals surface area contributed by atoms with Crippen LogP contribution in [0.1, 0.15) is 33.6 Å². The van der Waals surface area contributed by atoms with Crippen molar-refractivity contribution in [1.29, 1.82) is 0 Å². The number of carbonyl (C=O) groups is 2. The highest BCUT2D eigenvalue weighted by Crippen LogP contribution is 2.38. The molecule has 0 aliphatic heterocycles. The normalized spacial score (nSPS) is 12.9. The van der Waals surface area contributed by atoms with E-state index in [2.05, 4.69) is 20.4 Å². The van der Waals surface area contributed by atoms with Crippen molar-refractivity contribution in [2.75, 3.05) is 25.3 Å². The van der Waals surface area contributed by atoms with Gasteiger partial charge in [0.15, 0.2) is 5.65 Å². The predicted octanol–water partition coefficient (Wildman–Crippen LogP) is 4.28. The van der Waals surface area contributed by atoms with Crippen LogP contribution in [0.15, 0.2) is 41.8 Å². The second-order valence-corrected chi connectivity index (χ2v) is 9.98. The number of hydrogen-bond acceptors (Lipinski definition) is 9. The lowest BCUT2D eigenvalue weighted by Gasteiger charge is -2.11. The summed E-state index contributed by atoms with van der Waals surface area (Å²) in [5.41, 5.74) is 2.99. The zero-order chi connectivity index (χ0) is 24.4. The molecule has 0 saturated carbocycles. The summed E-state index contributed by atoms with van der Waals surface area (Å²) in [6.07, 6.45) is 7.04. The van der Waals surface area contributed by atoms with Crippen LogP contribution >= 0.6 is 23.1 Å². The van der Waals surface area contributed by atoms with Gasteiger partial charge in [-0.1, -0.05) is 11.8 Å². The molecule has 0 bridgehead atoms. The first-order chi connectivity index (χ1) is 17.1. The van der Waals surface area contributed by atoms with Crippen molar-refractivity contribution in [2.45, 2.75) is 30.7 Å². The highest BCUT2D eigenvalue weighted by atomic mass is 32.2. The molecule has 0 unspecified atom stereocenters. The molecule has 1 aromatic carbocycles. The van der Waals surface area contributed by atoms with Gasteiger partial charge in [0.1, 0.15) is 22.1 Å². The number of aryl methyl sites for hydroxylation is 1. The van der Waals surface area contributed by atoms with E-state index < -0.39 is 5.97 Å². The molecule has 180 valence electrons. The molecule has 1 N–H and O–H groups in total. The second-order valence-electron chi connectivity index (χ2n) is 7.91. The summed E-state index contributed by atoms with van der Waals surface area (Å²) in [4.78, 5) is 35.2. The Morgan fingerprint density at radius 1 is 1.14 bits per heavy atom. The van der Waals surface area contributed by atoms with E-state index in [0.29, 0.717) is 21.2 Å². The van der Waals surface area contributed by atoms with Crippen LogP contribution in [0.5, 0.6) is 5.75 Å². The highest BCUT2D eigenvalue weighted by molar-refractivity contribution is 8.00. The number of aromatic nitrogens is 4. The van der Waals surface area contributed by atoms with Crippen molar-refractivity contribution < 1.29 is 19.1 Å². The molecule has 1 aliphatic carbocycles. The number of thioether (sulfide) groups is 1. The van der Waals surface area contributed by atoms with E-state index in [1.165, 1.54) is 36.5 Å². The topological polar surface area (TPSA) is 108 Å². The van der Waals surface area contributed by atoms with E-state index in [0.717, 1.165) is 52.9 Å².